The summed E-state index contributed by atoms with van der Waals surface area (Å²) in [5, 5.41) is 5.70. The van der Waals surface area contributed by atoms with E-state index in [0.29, 0.717) is 16.9 Å². The highest BCUT2D eigenvalue weighted by molar-refractivity contribution is 6.05. The van der Waals surface area contributed by atoms with Crippen molar-refractivity contribution < 1.29 is 18.7 Å². The number of ether oxygens (including phenoxy) is 1. The van der Waals surface area contributed by atoms with Gasteiger partial charge in [-0.3, -0.25) is 9.59 Å². The maximum absolute atomic E-state index is 14.6. The summed E-state index contributed by atoms with van der Waals surface area (Å²) in [6.45, 7) is 1.92. The highest BCUT2D eigenvalue weighted by atomic mass is 19.1. The van der Waals surface area contributed by atoms with Crippen LogP contribution in [0.25, 0.3) is 5.65 Å². The minimum absolute atomic E-state index is 0.0310. The fourth-order valence-electron chi connectivity index (χ4n) is 3.56. The molecule has 2 amide bonds. The van der Waals surface area contributed by atoms with E-state index in [9.17, 15) is 14.0 Å². The largest absolute Gasteiger partial charge is 0.484 e. The second-order valence-electron chi connectivity index (χ2n) is 8.36. The summed E-state index contributed by atoms with van der Waals surface area (Å²) in [5.41, 5.74) is 3.34. The predicted molar refractivity (Wildman–Crippen MR) is 126 cm³/mol. The van der Waals surface area contributed by atoms with E-state index in [0.717, 1.165) is 30.1 Å². The molecule has 0 unspecified atom stereocenters. The van der Waals surface area contributed by atoms with Gasteiger partial charge in [-0.05, 0) is 67.8 Å². The number of imidazole rings is 1. The van der Waals surface area contributed by atoms with Crippen molar-refractivity contribution in [3.8, 4) is 5.75 Å². The lowest BCUT2D eigenvalue weighted by molar-refractivity contribution is 0.0949. The molecule has 0 atom stereocenters. The Morgan fingerprint density at radius 3 is 2.65 bits per heavy atom. The molecule has 2 N–H and O–H groups in total. The van der Waals surface area contributed by atoms with Crippen LogP contribution < -0.4 is 15.4 Å². The van der Waals surface area contributed by atoms with Gasteiger partial charge in [0.15, 0.2) is 11.6 Å². The topological polar surface area (TPSA) is 84.7 Å². The number of carbonyl (C=O) groups is 2. The number of amides is 2. The number of carbonyl (C=O) groups excluding carboxylic acids is 2. The zero-order valence-corrected chi connectivity index (χ0v) is 18.5. The van der Waals surface area contributed by atoms with Gasteiger partial charge in [0.05, 0.1) is 5.69 Å². The quantitative estimate of drug-likeness (QED) is 0.427. The molecule has 1 aliphatic carbocycles. The average Bonchev–Trinajstić information content (AvgIpc) is 3.54. The number of hydrogen-bond donors (Lipinski definition) is 2. The number of aromatic nitrogens is 2. The van der Waals surface area contributed by atoms with Crippen molar-refractivity contribution in [2.24, 2.45) is 0 Å². The molecular formula is C26H23FN4O3. The number of nitrogens with zero attached hydrogens (tertiary/aromatic N) is 2. The van der Waals surface area contributed by atoms with E-state index in [2.05, 4.69) is 15.6 Å². The second-order valence-corrected chi connectivity index (χ2v) is 8.36. The molecule has 0 aliphatic heterocycles. The third-order valence-electron chi connectivity index (χ3n) is 5.64. The Balaban J connectivity index is 1.25. The Labute approximate surface area is 195 Å². The number of nitrogens with one attached hydrogen (secondary N) is 2. The summed E-state index contributed by atoms with van der Waals surface area (Å²) >= 11 is 0. The minimum atomic E-state index is -0.648. The first kappa shape index (κ1) is 21.6. The molecule has 2 aromatic heterocycles. The van der Waals surface area contributed by atoms with Crippen LogP contribution >= 0.6 is 0 Å². The van der Waals surface area contributed by atoms with Crippen LogP contribution in [0.1, 0.15) is 44.8 Å². The molecule has 8 heteroatoms. The Morgan fingerprint density at radius 2 is 1.88 bits per heavy atom. The smallest absolute Gasteiger partial charge is 0.255 e. The fraction of sp³-hybridized carbons (Fsp3) is 0.192. The number of benzene rings is 2. The van der Waals surface area contributed by atoms with E-state index in [4.69, 9.17) is 4.74 Å². The Bertz CT molecular complexity index is 1360. The van der Waals surface area contributed by atoms with Crippen molar-refractivity contribution in [3.63, 3.8) is 0 Å². The van der Waals surface area contributed by atoms with Gasteiger partial charge >= 0.3 is 0 Å². The lowest BCUT2D eigenvalue weighted by Crippen LogP contribution is -2.25. The zero-order chi connectivity index (χ0) is 23.7. The van der Waals surface area contributed by atoms with Gasteiger partial charge in [0.2, 0.25) is 0 Å². The van der Waals surface area contributed by atoms with Crippen molar-refractivity contribution in [1.82, 2.24) is 14.7 Å². The highest BCUT2D eigenvalue weighted by Crippen LogP contribution is 2.23. The standard InChI is InChI=1S/C26H23FN4O3/c1-16-5-6-18(25(32)29-19-8-9-19)13-22(16)30-26(33)17-7-10-23(21(27)12-17)34-15-20-14-31-11-3-2-4-24(31)28-20/h2-7,10-14,19H,8-9,15H2,1H3,(H,29,32)(H,30,33). The molecular weight excluding hydrogens is 435 g/mol. The van der Waals surface area contributed by atoms with E-state index in [1.165, 1.54) is 12.1 Å². The molecule has 34 heavy (non-hydrogen) atoms. The lowest BCUT2D eigenvalue weighted by Gasteiger charge is -2.12. The SMILES string of the molecule is Cc1ccc(C(=O)NC2CC2)cc1NC(=O)c1ccc(OCc2cn3ccccc3n2)c(F)c1. The van der Waals surface area contributed by atoms with E-state index in [1.807, 2.05) is 41.9 Å². The molecule has 1 fully saturated rings. The predicted octanol–water partition coefficient (Wildman–Crippen LogP) is 4.51. The molecule has 0 bridgehead atoms. The van der Waals surface area contributed by atoms with E-state index < -0.39 is 11.7 Å². The van der Waals surface area contributed by atoms with Gasteiger partial charge in [-0.2, -0.15) is 0 Å². The number of rotatable bonds is 7. The van der Waals surface area contributed by atoms with Crippen LogP contribution in [0, 0.1) is 12.7 Å². The van der Waals surface area contributed by atoms with Crippen molar-refractivity contribution in [3.05, 3.63) is 95.2 Å². The first-order valence-corrected chi connectivity index (χ1v) is 11.0. The van der Waals surface area contributed by atoms with Gasteiger partial charge in [0.1, 0.15) is 12.3 Å². The van der Waals surface area contributed by atoms with E-state index in [-0.39, 0.29) is 29.9 Å². The van der Waals surface area contributed by atoms with Gasteiger partial charge in [0, 0.05) is 35.2 Å². The fourth-order valence-corrected chi connectivity index (χ4v) is 3.56. The average molecular weight is 458 g/mol. The van der Waals surface area contributed by atoms with Crippen molar-refractivity contribution >= 4 is 23.1 Å². The monoisotopic (exact) mass is 458 g/mol. The molecule has 0 radical (unpaired) electrons. The lowest BCUT2D eigenvalue weighted by atomic mass is 10.1. The van der Waals surface area contributed by atoms with E-state index >= 15 is 0 Å². The first-order valence-electron chi connectivity index (χ1n) is 11.0. The molecule has 5 rings (SSSR count). The number of aryl methyl sites for hydroxylation is 1. The second kappa shape index (κ2) is 8.97. The molecule has 0 saturated heterocycles. The molecule has 4 aromatic rings. The number of fused-ring (bicyclic) bond motifs is 1. The van der Waals surface area contributed by atoms with Gasteiger partial charge < -0.3 is 19.8 Å². The Kier molecular flexibility index (Phi) is 5.71. The van der Waals surface area contributed by atoms with Crippen LogP contribution in [0.4, 0.5) is 10.1 Å². The van der Waals surface area contributed by atoms with Crippen LogP contribution in [0.5, 0.6) is 5.75 Å². The summed E-state index contributed by atoms with van der Waals surface area (Å²) in [7, 11) is 0. The number of hydrogen-bond acceptors (Lipinski definition) is 4. The number of anilines is 1. The Hall–Kier alpha value is -4.20. The summed E-state index contributed by atoms with van der Waals surface area (Å²) in [6.07, 6.45) is 5.67. The molecule has 1 aliphatic rings. The number of halogens is 1. The van der Waals surface area contributed by atoms with Gasteiger partial charge in [0.25, 0.3) is 11.8 Å². The third kappa shape index (κ3) is 4.76. The van der Waals surface area contributed by atoms with Crippen LogP contribution in [0.2, 0.25) is 0 Å². The molecule has 1 saturated carbocycles. The number of pyridine rings is 1. The summed E-state index contributed by atoms with van der Waals surface area (Å²) in [6, 6.07) is 15.1. The summed E-state index contributed by atoms with van der Waals surface area (Å²) < 4.78 is 22.1. The molecule has 2 aromatic carbocycles. The summed E-state index contributed by atoms with van der Waals surface area (Å²) in [5.74, 6) is -1.26. The van der Waals surface area contributed by atoms with Gasteiger partial charge in [-0.1, -0.05) is 12.1 Å². The van der Waals surface area contributed by atoms with Crippen LogP contribution in [0.3, 0.4) is 0 Å². The summed E-state index contributed by atoms with van der Waals surface area (Å²) in [4.78, 5) is 29.5. The van der Waals surface area contributed by atoms with Crippen molar-refractivity contribution in [1.29, 1.82) is 0 Å². The van der Waals surface area contributed by atoms with E-state index in [1.54, 1.807) is 18.2 Å². The van der Waals surface area contributed by atoms with Crippen LogP contribution in [-0.4, -0.2) is 27.2 Å². The molecule has 7 nitrogen and oxygen atoms in total. The zero-order valence-electron chi connectivity index (χ0n) is 18.5. The highest BCUT2D eigenvalue weighted by Gasteiger charge is 2.24. The third-order valence-corrected chi connectivity index (χ3v) is 5.64. The minimum Gasteiger partial charge on any atom is -0.484 e. The van der Waals surface area contributed by atoms with Gasteiger partial charge in [-0.15, -0.1) is 0 Å². The maximum Gasteiger partial charge on any atom is 0.255 e. The van der Waals surface area contributed by atoms with Crippen molar-refractivity contribution in [2.45, 2.75) is 32.4 Å². The Morgan fingerprint density at radius 1 is 1.09 bits per heavy atom. The molecule has 172 valence electrons. The molecule has 2 heterocycles. The maximum atomic E-state index is 14.6. The van der Waals surface area contributed by atoms with Crippen molar-refractivity contribution in [2.75, 3.05) is 5.32 Å². The van der Waals surface area contributed by atoms with Crippen LogP contribution in [0.15, 0.2) is 67.0 Å². The van der Waals surface area contributed by atoms with Gasteiger partial charge in [-0.25, -0.2) is 9.37 Å². The first-order chi connectivity index (χ1) is 16.5. The normalized spacial score (nSPS) is 13.0. The molecule has 0 spiro atoms. The van der Waals surface area contributed by atoms with Crippen LogP contribution in [-0.2, 0) is 6.61 Å².